The molecular weight excluding hydrogens is 196 g/mol. The van der Waals surface area contributed by atoms with Crippen LogP contribution < -0.4 is 0 Å². The van der Waals surface area contributed by atoms with Crippen molar-refractivity contribution < 1.29 is 0 Å². The summed E-state index contributed by atoms with van der Waals surface area (Å²) in [5.74, 6) is 0.862. The van der Waals surface area contributed by atoms with Crippen LogP contribution in [0.1, 0.15) is 39.0 Å². The highest BCUT2D eigenvalue weighted by molar-refractivity contribution is 6.77. The molecule has 1 aliphatic carbocycles. The first kappa shape index (κ1) is 13.0. The lowest BCUT2D eigenvalue weighted by Gasteiger charge is -2.30. The van der Waals surface area contributed by atoms with Crippen LogP contribution in [0.25, 0.3) is 0 Å². The van der Waals surface area contributed by atoms with Gasteiger partial charge in [-0.05, 0) is 44.1 Å². The van der Waals surface area contributed by atoms with E-state index in [1.165, 1.54) is 32.1 Å². The van der Waals surface area contributed by atoms with Gasteiger partial charge in [0.2, 0.25) is 0 Å². The van der Waals surface area contributed by atoms with Crippen molar-refractivity contribution >= 4 is 8.07 Å². The molecule has 0 nitrogen and oxygen atoms in total. The summed E-state index contributed by atoms with van der Waals surface area (Å²) in [7, 11) is -0.914. The number of hydrogen-bond donors (Lipinski definition) is 0. The molecule has 1 saturated carbocycles. The van der Waals surface area contributed by atoms with Crippen LogP contribution in [0.15, 0.2) is 12.2 Å². The predicted octanol–water partition coefficient (Wildman–Crippen LogP) is 5.06. The maximum Gasteiger partial charge on any atom is 0.0473 e. The predicted molar refractivity (Wildman–Crippen MR) is 72.8 cm³/mol. The Morgan fingerprint density at radius 2 is 2.07 bits per heavy atom. The van der Waals surface area contributed by atoms with Crippen molar-refractivity contribution in [3.05, 3.63) is 18.6 Å². The summed E-state index contributed by atoms with van der Waals surface area (Å²) in [6.07, 6.45) is 14.1. The van der Waals surface area contributed by atoms with Crippen LogP contribution in [0.4, 0.5) is 0 Å². The number of hydrogen-bond acceptors (Lipinski definition) is 0. The van der Waals surface area contributed by atoms with Crippen LogP contribution in [0.3, 0.4) is 0 Å². The average Bonchev–Trinajstić information content (AvgIpc) is 2.38. The van der Waals surface area contributed by atoms with Crippen LogP contribution in [-0.4, -0.2) is 8.07 Å². The van der Waals surface area contributed by atoms with Gasteiger partial charge in [-0.25, -0.2) is 0 Å². The van der Waals surface area contributed by atoms with Gasteiger partial charge < -0.3 is 0 Å². The first-order valence-corrected chi connectivity index (χ1v) is 10.1. The van der Waals surface area contributed by atoms with E-state index < -0.39 is 8.07 Å². The second-order valence-electron chi connectivity index (χ2n) is 6.03. The third-order valence-corrected chi connectivity index (χ3v) is 6.72. The van der Waals surface area contributed by atoms with Crippen LogP contribution >= 0.6 is 0 Å². The summed E-state index contributed by atoms with van der Waals surface area (Å²) >= 11 is 0. The van der Waals surface area contributed by atoms with Crippen molar-refractivity contribution in [2.75, 3.05) is 0 Å². The Bertz CT molecular complexity index is 200. The average molecular weight is 223 g/mol. The van der Waals surface area contributed by atoms with Crippen molar-refractivity contribution in [3.8, 4) is 0 Å². The fraction of sp³-hybridized carbons (Fsp3) is 0.786. The molecule has 2 unspecified atom stereocenters. The lowest BCUT2D eigenvalue weighted by atomic mass is 9.96. The van der Waals surface area contributed by atoms with E-state index in [0.29, 0.717) is 0 Å². The van der Waals surface area contributed by atoms with E-state index in [9.17, 15) is 0 Å². The molecule has 1 radical (unpaired) electrons. The summed E-state index contributed by atoms with van der Waals surface area (Å²) in [5.41, 5.74) is 1.05. The molecule has 0 spiro atoms. The molecule has 0 saturated heterocycles. The Balaban J connectivity index is 2.53. The Morgan fingerprint density at radius 3 is 2.67 bits per heavy atom. The van der Waals surface area contributed by atoms with Gasteiger partial charge >= 0.3 is 0 Å². The van der Waals surface area contributed by atoms with E-state index in [4.69, 9.17) is 0 Å². The van der Waals surface area contributed by atoms with E-state index in [-0.39, 0.29) is 0 Å². The fourth-order valence-corrected chi connectivity index (χ4v) is 4.67. The molecule has 1 aliphatic rings. The highest BCUT2D eigenvalue weighted by atomic mass is 28.3. The van der Waals surface area contributed by atoms with E-state index in [1.54, 1.807) is 0 Å². The van der Waals surface area contributed by atoms with Gasteiger partial charge in [-0.15, -0.1) is 0 Å². The molecule has 1 rings (SSSR count). The van der Waals surface area contributed by atoms with Crippen LogP contribution in [0.2, 0.25) is 25.2 Å². The quantitative estimate of drug-likeness (QED) is 0.356. The van der Waals surface area contributed by atoms with Crippen molar-refractivity contribution in [1.29, 1.82) is 0 Å². The van der Waals surface area contributed by atoms with Crippen LogP contribution in [0, 0.1) is 12.3 Å². The largest absolute Gasteiger partial charge is 0.0917 e. The molecule has 0 aliphatic heterocycles. The highest BCUT2D eigenvalue weighted by Gasteiger charge is 2.30. The van der Waals surface area contributed by atoms with Gasteiger partial charge in [0.1, 0.15) is 0 Å². The second-order valence-corrected chi connectivity index (χ2v) is 11.6. The van der Waals surface area contributed by atoms with E-state index >= 15 is 0 Å². The Hall–Kier alpha value is -0.0431. The van der Waals surface area contributed by atoms with Gasteiger partial charge in [0.05, 0.1) is 0 Å². The third kappa shape index (κ3) is 4.54. The zero-order chi connectivity index (χ0) is 11.3. The standard InChI is InChI=1S/C14H27Si/c1-5-6-9-13-10-7-8-11-14(12-13)15(2,3)4/h5-6,10,13-14H,7-9,11-12H2,1-4H3. The van der Waals surface area contributed by atoms with Crippen molar-refractivity contribution in [2.24, 2.45) is 5.92 Å². The first-order valence-electron chi connectivity index (χ1n) is 6.48. The van der Waals surface area contributed by atoms with Gasteiger partial charge in [-0.3, -0.25) is 0 Å². The van der Waals surface area contributed by atoms with Crippen LogP contribution in [0.5, 0.6) is 0 Å². The fourth-order valence-electron chi connectivity index (χ4n) is 2.59. The summed E-state index contributed by atoms with van der Waals surface area (Å²) in [4.78, 5) is 0. The van der Waals surface area contributed by atoms with Gasteiger partial charge in [0.15, 0.2) is 0 Å². The number of allylic oxidation sites excluding steroid dienone is 2. The van der Waals surface area contributed by atoms with Gasteiger partial charge in [-0.1, -0.05) is 44.6 Å². The molecule has 0 heterocycles. The van der Waals surface area contributed by atoms with E-state index in [1.807, 2.05) is 0 Å². The Morgan fingerprint density at radius 1 is 1.33 bits per heavy atom. The molecule has 1 fully saturated rings. The monoisotopic (exact) mass is 223 g/mol. The minimum atomic E-state index is -0.914. The van der Waals surface area contributed by atoms with E-state index in [0.717, 1.165) is 11.5 Å². The Kier molecular flexibility index (Phi) is 5.11. The minimum absolute atomic E-state index is 0.862. The van der Waals surface area contributed by atoms with Gasteiger partial charge in [0, 0.05) is 8.07 Å². The topological polar surface area (TPSA) is 0 Å². The molecule has 2 atom stereocenters. The maximum atomic E-state index is 2.58. The van der Waals surface area contributed by atoms with Crippen molar-refractivity contribution in [1.82, 2.24) is 0 Å². The normalized spacial score (nSPS) is 29.3. The molecule has 1 heteroatoms. The molecule has 87 valence electrons. The molecule has 0 aromatic heterocycles. The Labute approximate surface area is 97.2 Å². The molecule has 0 amide bonds. The van der Waals surface area contributed by atoms with Crippen LogP contribution in [-0.2, 0) is 0 Å². The molecule has 0 bridgehead atoms. The summed E-state index contributed by atoms with van der Waals surface area (Å²) in [6.45, 7) is 9.74. The molecule has 0 aromatic rings. The summed E-state index contributed by atoms with van der Waals surface area (Å²) in [6, 6.07) is 0. The summed E-state index contributed by atoms with van der Waals surface area (Å²) < 4.78 is 0. The van der Waals surface area contributed by atoms with Gasteiger partial charge in [-0.2, -0.15) is 0 Å². The lowest BCUT2D eigenvalue weighted by molar-refractivity contribution is 0.540. The first-order chi connectivity index (χ1) is 7.04. The maximum absolute atomic E-state index is 2.58. The summed E-state index contributed by atoms with van der Waals surface area (Å²) in [5, 5.41) is 0. The minimum Gasteiger partial charge on any atom is -0.0917 e. The van der Waals surface area contributed by atoms with Crippen molar-refractivity contribution in [2.45, 2.75) is 64.2 Å². The van der Waals surface area contributed by atoms with Gasteiger partial charge in [0.25, 0.3) is 0 Å². The highest BCUT2D eigenvalue weighted by Crippen LogP contribution is 2.39. The molecule has 0 N–H and O–H groups in total. The second kappa shape index (κ2) is 5.88. The molecule has 0 aromatic carbocycles. The zero-order valence-electron chi connectivity index (χ0n) is 10.9. The van der Waals surface area contributed by atoms with Crippen molar-refractivity contribution in [3.63, 3.8) is 0 Å². The SMILES string of the molecule is CC=CCC1[CH]CCCC([Si](C)(C)C)C1. The molecular formula is C14H27Si. The smallest absolute Gasteiger partial charge is 0.0473 e. The third-order valence-electron chi connectivity index (χ3n) is 3.74. The zero-order valence-corrected chi connectivity index (χ0v) is 11.9. The lowest BCUT2D eigenvalue weighted by Crippen LogP contribution is -2.29. The molecule has 15 heavy (non-hydrogen) atoms. The van der Waals surface area contributed by atoms with E-state index in [2.05, 4.69) is 45.1 Å². The number of rotatable bonds is 3.